The molecule has 1 aromatic heterocycles. The van der Waals surface area contributed by atoms with Crippen molar-refractivity contribution in [3.8, 4) is 11.5 Å². The molecule has 0 radical (unpaired) electrons. The van der Waals surface area contributed by atoms with Gasteiger partial charge < -0.3 is 19.4 Å². The van der Waals surface area contributed by atoms with Crippen molar-refractivity contribution in [2.75, 3.05) is 24.3 Å². The largest absolute Gasteiger partial charge is 0.486 e. The van der Waals surface area contributed by atoms with Gasteiger partial charge in [-0.25, -0.2) is 0 Å². The first-order valence-electron chi connectivity index (χ1n) is 9.15. The Morgan fingerprint density at radius 3 is 2.81 bits per heavy atom. The number of nitrogens with one attached hydrogen (secondary N) is 1. The van der Waals surface area contributed by atoms with Crippen molar-refractivity contribution >= 4 is 34.3 Å². The van der Waals surface area contributed by atoms with E-state index in [4.69, 9.17) is 9.47 Å². The van der Waals surface area contributed by atoms with E-state index in [-0.39, 0.29) is 5.91 Å². The Labute approximate surface area is 162 Å². The number of fused-ring (bicyclic) bond motifs is 2. The van der Waals surface area contributed by atoms with E-state index in [1.54, 1.807) is 11.8 Å². The number of ether oxygens (including phenoxy) is 2. The molecule has 3 aromatic rings. The van der Waals surface area contributed by atoms with Crippen LogP contribution in [-0.4, -0.2) is 29.4 Å². The highest BCUT2D eigenvalue weighted by Crippen LogP contribution is 2.33. The van der Waals surface area contributed by atoms with Crippen LogP contribution in [0.15, 0.2) is 53.6 Å². The van der Waals surface area contributed by atoms with Gasteiger partial charge in [0.2, 0.25) is 5.91 Å². The van der Waals surface area contributed by atoms with E-state index in [1.807, 2.05) is 24.3 Å². The minimum atomic E-state index is -0.0380. The van der Waals surface area contributed by atoms with Gasteiger partial charge in [-0.15, -0.1) is 11.8 Å². The Morgan fingerprint density at radius 2 is 1.96 bits per heavy atom. The average Bonchev–Trinajstić information content (AvgIpc) is 3.04. The summed E-state index contributed by atoms with van der Waals surface area (Å²) in [5.41, 5.74) is 1.94. The maximum atomic E-state index is 12.4. The van der Waals surface area contributed by atoms with Gasteiger partial charge in [-0.2, -0.15) is 0 Å². The molecule has 0 fully saturated rings. The molecule has 1 aliphatic rings. The maximum absolute atomic E-state index is 12.4. The summed E-state index contributed by atoms with van der Waals surface area (Å²) in [5.74, 6) is 1.71. The highest BCUT2D eigenvalue weighted by molar-refractivity contribution is 8.00. The number of thioether (sulfide) groups is 1. The number of amides is 1. The molecule has 0 saturated heterocycles. The van der Waals surface area contributed by atoms with Gasteiger partial charge in [-0.05, 0) is 24.6 Å². The zero-order valence-corrected chi connectivity index (χ0v) is 16.1. The topological polar surface area (TPSA) is 52.5 Å². The lowest BCUT2D eigenvalue weighted by Crippen LogP contribution is -2.17. The summed E-state index contributed by atoms with van der Waals surface area (Å²) in [5, 5.41) is 4.14. The van der Waals surface area contributed by atoms with Gasteiger partial charge in [-0.1, -0.05) is 25.1 Å². The summed E-state index contributed by atoms with van der Waals surface area (Å²) < 4.78 is 13.3. The van der Waals surface area contributed by atoms with Gasteiger partial charge >= 0.3 is 0 Å². The molecule has 0 unspecified atom stereocenters. The molecule has 6 heteroatoms. The summed E-state index contributed by atoms with van der Waals surface area (Å²) in [6.07, 6.45) is 3.23. The fraction of sp³-hybridized carbons (Fsp3) is 0.286. The monoisotopic (exact) mass is 382 g/mol. The lowest BCUT2D eigenvalue weighted by molar-refractivity contribution is -0.113. The third kappa shape index (κ3) is 3.90. The minimum Gasteiger partial charge on any atom is -0.486 e. The molecule has 4 rings (SSSR count). The second kappa shape index (κ2) is 7.96. The number of carbonyl (C=O) groups excluding carboxylic acids is 1. The van der Waals surface area contributed by atoms with E-state index < -0.39 is 0 Å². The molecule has 1 aliphatic heterocycles. The number of benzene rings is 2. The van der Waals surface area contributed by atoms with Crippen LogP contribution in [-0.2, 0) is 11.3 Å². The number of anilines is 1. The molecule has 140 valence electrons. The molecule has 27 heavy (non-hydrogen) atoms. The van der Waals surface area contributed by atoms with Crippen molar-refractivity contribution in [2.24, 2.45) is 0 Å². The van der Waals surface area contributed by atoms with Gasteiger partial charge in [-0.3, -0.25) is 4.79 Å². The zero-order chi connectivity index (χ0) is 18.6. The van der Waals surface area contributed by atoms with Crippen LogP contribution in [0.3, 0.4) is 0 Å². The molecule has 0 saturated carbocycles. The summed E-state index contributed by atoms with van der Waals surface area (Å²) >= 11 is 1.56. The Kier molecular flexibility index (Phi) is 5.25. The Balaban J connectivity index is 1.43. The molecule has 1 amide bonds. The number of hydrogen-bond acceptors (Lipinski definition) is 4. The van der Waals surface area contributed by atoms with Crippen LogP contribution in [0.5, 0.6) is 11.5 Å². The summed E-state index contributed by atoms with van der Waals surface area (Å²) in [6.45, 7) is 4.23. The summed E-state index contributed by atoms with van der Waals surface area (Å²) in [6, 6.07) is 13.8. The lowest BCUT2D eigenvalue weighted by Gasteiger charge is -2.19. The van der Waals surface area contributed by atoms with Crippen molar-refractivity contribution in [1.29, 1.82) is 0 Å². The SMILES string of the molecule is CCCn1cc(SCC(=O)Nc2ccc3c(c2)OCCO3)c2ccccc21. The number of aryl methyl sites for hydroxylation is 1. The van der Waals surface area contributed by atoms with Crippen molar-refractivity contribution < 1.29 is 14.3 Å². The zero-order valence-electron chi connectivity index (χ0n) is 15.2. The molecule has 0 aliphatic carbocycles. The van der Waals surface area contributed by atoms with E-state index in [1.165, 1.54) is 10.9 Å². The third-order valence-corrected chi connectivity index (χ3v) is 5.44. The minimum absolute atomic E-state index is 0.0380. The first kappa shape index (κ1) is 17.8. The number of aromatic nitrogens is 1. The van der Waals surface area contributed by atoms with E-state index >= 15 is 0 Å². The highest BCUT2D eigenvalue weighted by Gasteiger charge is 2.14. The Morgan fingerprint density at radius 1 is 1.15 bits per heavy atom. The van der Waals surface area contributed by atoms with Crippen LogP contribution in [0.25, 0.3) is 10.9 Å². The number of carbonyl (C=O) groups is 1. The molecular formula is C21H22N2O3S. The van der Waals surface area contributed by atoms with Crippen LogP contribution in [0.1, 0.15) is 13.3 Å². The standard InChI is InChI=1S/C21H22N2O3S/c1-2-9-23-13-20(16-5-3-4-6-17(16)23)27-14-21(24)22-15-7-8-18-19(12-15)26-11-10-25-18/h3-8,12-13H,2,9-11,14H2,1H3,(H,22,24). The third-order valence-electron chi connectivity index (χ3n) is 4.40. The molecule has 0 bridgehead atoms. The molecular weight excluding hydrogens is 360 g/mol. The van der Waals surface area contributed by atoms with E-state index in [2.05, 4.69) is 41.2 Å². The van der Waals surface area contributed by atoms with Gasteiger partial charge in [0.05, 0.1) is 5.75 Å². The molecule has 2 aromatic carbocycles. The smallest absolute Gasteiger partial charge is 0.234 e. The Hall–Kier alpha value is -2.60. The number of hydrogen-bond donors (Lipinski definition) is 1. The number of para-hydroxylation sites is 1. The highest BCUT2D eigenvalue weighted by atomic mass is 32.2. The molecule has 2 heterocycles. The van der Waals surface area contributed by atoms with Crippen molar-refractivity contribution in [3.05, 3.63) is 48.7 Å². The molecule has 0 spiro atoms. The number of nitrogens with zero attached hydrogens (tertiary/aromatic N) is 1. The van der Waals surface area contributed by atoms with E-state index in [0.717, 1.165) is 29.3 Å². The van der Waals surface area contributed by atoms with Crippen LogP contribution in [0.2, 0.25) is 0 Å². The summed E-state index contributed by atoms with van der Waals surface area (Å²) in [7, 11) is 0. The predicted molar refractivity (Wildman–Crippen MR) is 109 cm³/mol. The Bertz CT molecular complexity index is 967. The average molecular weight is 382 g/mol. The van der Waals surface area contributed by atoms with Gasteiger partial charge in [0.1, 0.15) is 13.2 Å². The van der Waals surface area contributed by atoms with Crippen molar-refractivity contribution in [3.63, 3.8) is 0 Å². The fourth-order valence-electron chi connectivity index (χ4n) is 3.22. The van der Waals surface area contributed by atoms with Crippen LogP contribution < -0.4 is 14.8 Å². The molecule has 0 atom stereocenters. The predicted octanol–water partition coefficient (Wildman–Crippen LogP) is 4.55. The van der Waals surface area contributed by atoms with Crippen molar-refractivity contribution in [2.45, 2.75) is 24.8 Å². The van der Waals surface area contributed by atoms with Crippen LogP contribution >= 0.6 is 11.8 Å². The molecule has 1 N–H and O–H groups in total. The summed E-state index contributed by atoms with van der Waals surface area (Å²) in [4.78, 5) is 13.5. The van der Waals surface area contributed by atoms with E-state index in [9.17, 15) is 4.79 Å². The lowest BCUT2D eigenvalue weighted by atomic mass is 10.2. The second-order valence-corrected chi connectivity index (χ2v) is 7.42. The first-order valence-corrected chi connectivity index (χ1v) is 10.1. The number of rotatable bonds is 6. The van der Waals surface area contributed by atoms with Crippen LogP contribution in [0.4, 0.5) is 5.69 Å². The van der Waals surface area contributed by atoms with Gasteiger partial charge in [0, 0.05) is 40.3 Å². The fourth-order valence-corrected chi connectivity index (χ4v) is 4.10. The maximum Gasteiger partial charge on any atom is 0.234 e. The van der Waals surface area contributed by atoms with Crippen LogP contribution in [0, 0.1) is 0 Å². The van der Waals surface area contributed by atoms with E-state index in [0.29, 0.717) is 24.7 Å². The quantitative estimate of drug-likeness (QED) is 0.635. The normalized spacial score (nSPS) is 12.9. The first-order chi connectivity index (χ1) is 13.2. The van der Waals surface area contributed by atoms with Crippen molar-refractivity contribution in [1.82, 2.24) is 4.57 Å². The second-order valence-electron chi connectivity index (χ2n) is 6.40. The van der Waals surface area contributed by atoms with Gasteiger partial charge in [0.25, 0.3) is 0 Å². The molecule has 5 nitrogen and oxygen atoms in total. The van der Waals surface area contributed by atoms with Gasteiger partial charge in [0.15, 0.2) is 11.5 Å².